The molecule has 1 aromatic heterocycles. The topological polar surface area (TPSA) is 60.5 Å². The van der Waals surface area contributed by atoms with E-state index in [1.165, 1.54) is 11.3 Å². The summed E-state index contributed by atoms with van der Waals surface area (Å²) in [6.45, 7) is 2.08. The van der Waals surface area contributed by atoms with Gasteiger partial charge in [-0.15, -0.1) is 11.3 Å². The van der Waals surface area contributed by atoms with Crippen molar-refractivity contribution in [2.75, 3.05) is 12.1 Å². The van der Waals surface area contributed by atoms with E-state index in [1.807, 2.05) is 12.3 Å². The van der Waals surface area contributed by atoms with Crippen molar-refractivity contribution >= 4 is 22.9 Å². The fraction of sp³-hybridized carbons (Fsp3) is 0.167. The molecule has 0 saturated heterocycles. The number of rotatable bonds is 2. The molecule has 0 bridgehead atoms. The molecular formula is C12H10N2O3S. The molecule has 1 aromatic carbocycles. The number of nitrogens with one attached hydrogen (secondary N) is 1. The van der Waals surface area contributed by atoms with E-state index in [4.69, 9.17) is 9.47 Å². The third-order valence-corrected chi connectivity index (χ3v) is 3.40. The smallest absolute Gasteiger partial charge is 0.284 e. The van der Waals surface area contributed by atoms with Gasteiger partial charge >= 0.3 is 0 Å². The number of thiazole rings is 1. The number of benzene rings is 1. The summed E-state index contributed by atoms with van der Waals surface area (Å²) < 4.78 is 10.4. The van der Waals surface area contributed by atoms with E-state index in [0.29, 0.717) is 22.2 Å². The summed E-state index contributed by atoms with van der Waals surface area (Å²) in [6, 6.07) is 5.28. The molecule has 1 aliphatic heterocycles. The third kappa shape index (κ3) is 2.02. The first-order chi connectivity index (χ1) is 8.72. The van der Waals surface area contributed by atoms with Gasteiger partial charge in [0.25, 0.3) is 5.91 Å². The van der Waals surface area contributed by atoms with Gasteiger partial charge in [-0.3, -0.25) is 4.79 Å². The van der Waals surface area contributed by atoms with Gasteiger partial charge in [0.05, 0.1) is 0 Å². The van der Waals surface area contributed by atoms with E-state index >= 15 is 0 Å². The normalized spacial score (nSPS) is 12.5. The summed E-state index contributed by atoms with van der Waals surface area (Å²) >= 11 is 1.32. The number of fused-ring (bicyclic) bond motifs is 1. The zero-order valence-electron chi connectivity index (χ0n) is 9.60. The number of carbonyl (C=O) groups excluding carboxylic acids is 1. The largest absolute Gasteiger partial charge is 0.454 e. The summed E-state index contributed by atoms with van der Waals surface area (Å²) in [6.07, 6.45) is 0. The first-order valence-electron chi connectivity index (χ1n) is 5.35. The van der Waals surface area contributed by atoms with Crippen LogP contribution in [-0.4, -0.2) is 17.7 Å². The summed E-state index contributed by atoms with van der Waals surface area (Å²) in [5.41, 5.74) is 1.51. The number of aryl methyl sites for hydroxylation is 1. The van der Waals surface area contributed by atoms with Gasteiger partial charge < -0.3 is 14.8 Å². The van der Waals surface area contributed by atoms with Crippen LogP contribution in [0.2, 0.25) is 0 Å². The zero-order valence-corrected chi connectivity index (χ0v) is 10.4. The van der Waals surface area contributed by atoms with Crippen molar-refractivity contribution < 1.29 is 14.3 Å². The molecule has 0 spiro atoms. The first kappa shape index (κ1) is 11.0. The number of hydrogen-bond donors (Lipinski definition) is 1. The standard InChI is InChI=1S/C12H10N2O3S/c1-7-5-18-12(13-7)11(15)14-8-2-3-9-10(4-8)17-6-16-9/h2-5H,6H2,1H3,(H,14,15). The molecule has 1 amide bonds. The van der Waals surface area contributed by atoms with Crippen LogP contribution in [0.1, 0.15) is 15.5 Å². The molecular weight excluding hydrogens is 252 g/mol. The van der Waals surface area contributed by atoms with Crippen molar-refractivity contribution in [1.29, 1.82) is 0 Å². The monoisotopic (exact) mass is 262 g/mol. The number of ether oxygens (including phenoxy) is 2. The molecule has 3 rings (SSSR count). The molecule has 18 heavy (non-hydrogen) atoms. The number of anilines is 1. The molecule has 2 aromatic rings. The Bertz CT molecular complexity index is 609. The van der Waals surface area contributed by atoms with Crippen LogP contribution in [-0.2, 0) is 0 Å². The van der Waals surface area contributed by atoms with E-state index < -0.39 is 0 Å². The second-order valence-electron chi connectivity index (χ2n) is 3.82. The van der Waals surface area contributed by atoms with Crippen molar-refractivity contribution in [1.82, 2.24) is 4.98 Å². The van der Waals surface area contributed by atoms with Crippen molar-refractivity contribution in [3.8, 4) is 11.5 Å². The van der Waals surface area contributed by atoms with Gasteiger partial charge in [0, 0.05) is 22.8 Å². The van der Waals surface area contributed by atoms with Gasteiger partial charge in [-0.05, 0) is 19.1 Å². The van der Waals surface area contributed by atoms with Crippen molar-refractivity contribution in [3.63, 3.8) is 0 Å². The third-order valence-electron chi connectivity index (χ3n) is 2.44. The molecule has 1 aliphatic rings. The van der Waals surface area contributed by atoms with Crippen molar-refractivity contribution in [3.05, 3.63) is 34.3 Å². The minimum absolute atomic E-state index is 0.216. The van der Waals surface area contributed by atoms with Gasteiger partial charge in [0.15, 0.2) is 16.5 Å². The maximum Gasteiger partial charge on any atom is 0.284 e. The molecule has 6 heteroatoms. The number of amides is 1. The van der Waals surface area contributed by atoms with Crippen LogP contribution in [0, 0.1) is 6.92 Å². The van der Waals surface area contributed by atoms with Gasteiger partial charge in [-0.25, -0.2) is 4.98 Å². The number of carbonyl (C=O) groups is 1. The average Bonchev–Trinajstić information content (AvgIpc) is 2.96. The summed E-state index contributed by atoms with van der Waals surface area (Å²) in [5, 5.41) is 5.07. The Kier molecular flexibility index (Phi) is 2.64. The molecule has 2 heterocycles. The Morgan fingerprint density at radius 2 is 2.22 bits per heavy atom. The maximum absolute atomic E-state index is 11.9. The minimum atomic E-state index is -0.216. The summed E-state index contributed by atoms with van der Waals surface area (Å²) in [4.78, 5) is 16.0. The molecule has 1 N–H and O–H groups in total. The van der Waals surface area contributed by atoms with Gasteiger partial charge in [0.1, 0.15) is 0 Å². The molecule has 0 atom stereocenters. The van der Waals surface area contributed by atoms with Gasteiger partial charge in [0.2, 0.25) is 6.79 Å². The van der Waals surface area contributed by atoms with E-state index in [0.717, 1.165) is 5.69 Å². The van der Waals surface area contributed by atoms with E-state index in [2.05, 4.69) is 10.3 Å². The van der Waals surface area contributed by atoms with Crippen molar-refractivity contribution in [2.24, 2.45) is 0 Å². The zero-order chi connectivity index (χ0) is 12.5. The predicted octanol–water partition coefficient (Wildman–Crippen LogP) is 2.43. The predicted molar refractivity (Wildman–Crippen MR) is 67.4 cm³/mol. The lowest BCUT2D eigenvalue weighted by Crippen LogP contribution is -2.11. The second kappa shape index (κ2) is 4.30. The lowest BCUT2D eigenvalue weighted by atomic mass is 10.3. The van der Waals surface area contributed by atoms with Crippen LogP contribution in [0.15, 0.2) is 23.6 Å². The lowest BCUT2D eigenvalue weighted by molar-refractivity contribution is 0.102. The van der Waals surface area contributed by atoms with Gasteiger partial charge in [-0.1, -0.05) is 0 Å². The highest BCUT2D eigenvalue weighted by molar-refractivity contribution is 7.11. The Morgan fingerprint density at radius 3 is 3.00 bits per heavy atom. The van der Waals surface area contributed by atoms with Crippen LogP contribution in [0.4, 0.5) is 5.69 Å². The van der Waals surface area contributed by atoms with E-state index in [-0.39, 0.29) is 12.7 Å². The quantitative estimate of drug-likeness (QED) is 0.903. The van der Waals surface area contributed by atoms with Crippen LogP contribution < -0.4 is 14.8 Å². The number of aromatic nitrogens is 1. The lowest BCUT2D eigenvalue weighted by Gasteiger charge is -2.03. The highest BCUT2D eigenvalue weighted by atomic mass is 32.1. The van der Waals surface area contributed by atoms with E-state index in [9.17, 15) is 4.79 Å². The highest BCUT2D eigenvalue weighted by Crippen LogP contribution is 2.34. The molecule has 92 valence electrons. The second-order valence-corrected chi connectivity index (χ2v) is 4.67. The Hall–Kier alpha value is -2.08. The first-order valence-corrected chi connectivity index (χ1v) is 6.23. The maximum atomic E-state index is 11.9. The highest BCUT2D eigenvalue weighted by Gasteiger charge is 2.15. The molecule has 0 aliphatic carbocycles. The molecule has 0 fully saturated rings. The molecule has 0 saturated carbocycles. The van der Waals surface area contributed by atoms with Crippen LogP contribution in [0.5, 0.6) is 11.5 Å². The van der Waals surface area contributed by atoms with E-state index in [1.54, 1.807) is 18.2 Å². The minimum Gasteiger partial charge on any atom is -0.454 e. The number of hydrogen-bond acceptors (Lipinski definition) is 5. The van der Waals surface area contributed by atoms with Crippen LogP contribution in [0.25, 0.3) is 0 Å². The van der Waals surface area contributed by atoms with Crippen LogP contribution >= 0.6 is 11.3 Å². The van der Waals surface area contributed by atoms with Crippen LogP contribution in [0.3, 0.4) is 0 Å². The molecule has 0 unspecified atom stereocenters. The summed E-state index contributed by atoms with van der Waals surface area (Å²) in [5.74, 6) is 1.12. The SMILES string of the molecule is Cc1csc(C(=O)Nc2ccc3c(c2)OCO3)n1. The fourth-order valence-corrected chi connectivity index (χ4v) is 2.31. The fourth-order valence-electron chi connectivity index (χ4n) is 1.62. The Balaban J connectivity index is 1.78. The Labute approximate surface area is 107 Å². The number of nitrogens with zero attached hydrogens (tertiary/aromatic N) is 1. The molecule has 0 radical (unpaired) electrons. The summed E-state index contributed by atoms with van der Waals surface area (Å²) in [7, 11) is 0. The molecule has 5 nitrogen and oxygen atoms in total. The van der Waals surface area contributed by atoms with Crippen molar-refractivity contribution in [2.45, 2.75) is 6.92 Å². The Morgan fingerprint density at radius 1 is 1.39 bits per heavy atom. The van der Waals surface area contributed by atoms with Gasteiger partial charge in [-0.2, -0.15) is 0 Å². The average molecular weight is 262 g/mol.